The highest BCUT2D eigenvalue weighted by atomic mass is 16.4. The van der Waals surface area contributed by atoms with Gasteiger partial charge in [0.1, 0.15) is 0 Å². The third-order valence-electron chi connectivity index (χ3n) is 6.67. The molecule has 1 aliphatic carbocycles. The van der Waals surface area contributed by atoms with Gasteiger partial charge in [0.2, 0.25) is 0 Å². The average Bonchev–Trinajstić information content (AvgIpc) is 2.73. The van der Waals surface area contributed by atoms with Crippen LogP contribution in [-0.2, 0) is 10.8 Å². The number of aromatic carboxylic acids is 1. The molecule has 0 atom stereocenters. The Hall–Kier alpha value is -2.82. The van der Waals surface area contributed by atoms with Crippen LogP contribution in [0, 0.1) is 0 Å². The summed E-state index contributed by atoms with van der Waals surface area (Å²) in [6.07, 6.45) is 2.27. The number of hydrogen-bond donors (Lipinski definition) is 1. The molecule has 0 saturated heterocycles. The first-order chi connectivity index (χ1) is 14.5. The van der Waals surface area contributed by atoms with Crippen LogP contribution in [-0.4, -0.2) is 30.2 Å². The van der Waals surface area contributed by atoms with Crippen LogP contribution in [0.3, 0.4) is 0 Å². The molecule has 5 nitrogen and oxygen atoms in total. The van der Waals surface area contributed by atoms with Crippen LogP contribution in [0.4, 0.5) is 16.2 Å². The van der Waals surface area contributed by atoms with Gasteiger partial charge in [-0.15, -0.1) is 0 Å². The highest BCUT2D eigenvalue weighted by Gasteiger charge is 2.37. The number of carbonyl (C=O) groups excluding carboxylic acids is 1. The summed E-state index contributed by atoms with van der Waals surface area (Å²) in [7, 11) is 0. The Morgan fingerprint density at radius 3 is 1.81 bits per heavy atom. The van der Waals surface area contributed by atoms with E-state index in [2.05, 4.69) is 45.9 Å². The third-order valence-corrected chi connectivity index (χ3v) is 6.67. The Morgan fingerprint density at radius 2 is 1.29 bits per heavy atom. The smallest absolute Gasteiger partial charge is 0.335 e. The van der Waals surface area contributed by atoms with E-state index < -0.39 is 5.97 Å². The zero-order chi connectivity index (χ0) is 23.0. The summed E-state index contributed by atoms with van der Waals surface area (Å²) >= 11 is 0. The van der Waals surface area contributed by atoms with Crippen LogP contribution in [0.25, 0.3) is 0 Å². The van der Waals surface area contributed by atoms with Crippen molar-refractivity contribution in [3.63, 3.8) is 0 Å². The molecule has 0 heterocycles. The van der Waals surface area contributed by atoms with Crippen LogP contribution >= 0.6 is 0 Å². The van der Waals surface area contributed by atoms with Crippen molar-refractivity contribution in [2.75, 3.05) is 22.9 Å². The second-order valence-electron chi connectivity index (χ2n) is 9.62. The zero-order valence-electron chi connectivity index (χ0n) is 19.5. The predicted molar refractivity (Wildman–Crippen MR) is 127 cm³/mol. The van der Waals surface area contributed by atoms with Crippen molar-refractivity contribution >= 4 is 23.4 Å². The maximum Gasteiger partial charge on any atom is 0.335 e. The molecular weight excluding hydrogens is 388 g/mol. The number of carboxylic acids is 1. The second kappa shape index (κ2) is 8.37. The molecule has 2 aromatic carbocycles. The summed E-state index contributed by atoms with van der Waals surface area (Å²) < 4.78 is 0. The second-order valence-corrected chi connectivity index (χ2v) is 9.62. The molecule has 31 heavy (non-hydrogen) atoms. The molecule has 0 unspecified atom stereocenters. The fraction of sp³-hybridized carbons (Fsp3) is 0.462. The van der Waals surface area contributed by atoms with Gasteiger partial charge in [0, 0.05) is 24.5 Å². The minimum absolute atomic E-state index is 0.0699. The van der Waals surface area contributed by atoms with E-state index in [4.69, 9.17) is 5.11 Å². The van der Waals surface area contributed by atoms with Crippen molar-refractivity contribution in [2.45, 2.75) is 65.2 Å². The molecule has 166 valence electrons. The van der Waals surface area contributed by atoms with Crippen molar-refractivity contribution in [3.05, 3.63) is 59.2 Å². The zero-order valence-corrected chi connectivity index (χ0v) is 19.5. The van der Waals surface area contributed by atoms with Crippen molar-refractivity contribution in [1.29, 1.82) is 0 Å². The Morgan fingerprint density at radius 1 is 0.806 bits per heavy atom. The summed E-state index contributed by atoms with van der Waals surface area (Å²) in [4.78, 5) is 28.2. The van der Waals surface area contributed by atoms with Crippen molar-refractivity contribution < 1.29 is 14.7 Å². The lowest BCUT2D eigenvalue weighted by Gasteiger charge is -2.42. The molecule has 2 aromatic rings. The molecule has 0 bridgehead atoms. The normalized spacial score (nSPS) is 16.3. The summed E-state index contributed by atoms with van der Waals surface area (Å²) in [5.74, 6) is -0.976. The van der Waals surface area contributed by atoms with Crippen LogP contribution < -0.4 is 9.80 Å². The summed E-state index contributed by atoms with van der Waals surface area (Å²) in [5.41, 5.74) is 4.69. The lowest BCUT2D eigenvalue weighted by Crippen LogP contribution is -2.44. The van der Waals surface area contributed by atoms with E-state index in [9.17, 15) is 9.59 Å². The van der Waals surface area contributed by atoms with Gasteiger partial charge in [0.25, 0.3) is 0 Å². The van der Waals surface area contributed by atoms with E-state index in [1.807, 2.05) is 13.8 Å². The van der Waals surface area contributed by atoms with E-state index in [0.717, 1.165) is 18.5 Å². The van der Waals surface area contributed by atoms with E-state index >= 15 is 0 Å². The van der Waals surface area contributed by atoms with E-state index in [1.54, 1.807) is 21.9 Å². The van der Waals surface area contributed by atoms with Gasteiger partial charge in [0.15, 0.2) is 0 Å². The van der Waals surface area contributed by atoms with Crippen LogP contribution in [0.5, 0.6) is 0 Å². The SMILES string of the molecule is CCN(C(=O)N(CC)c1ccc2c(c1)C(C)(C)CCC2(C)C)c1ccc(C(=O)O)cc1. The summed E-state index contributed by atoms with van der Waals surface area (Å²) in [6, 6.07) is 12.8. The maximum absolute atomic E-state index is 13.5. The topological polar surface area (TPSA) is 60.9 Å². The van der Waals surface area contributed by atoms with Crippen molar-refractivity contribution in [3.8, 4) is 0 Å². The summed E-state index contributed by atoms with van der Waals surface area (Å²) in [5, 5.41) is 9.14. The Bertz CT molecular complexity index is 977. The van der Waals surface area contributed by atoms with Gasteiger partial charge >= 0.3 is 12.0 Å². The van der Waals surface area contributed by atoms with Gasteiger partial charge in [-0.1, -0.05) is 33.8 Å². The number of amides is 2. The molecule has 0 spiro atoms. The Kier molecular flexibility index (Phi) is 6.17. The van der Waals surface area contributed by atoms with Gasteiger partial charge < -0.3 is 5.11 Å². The van der Waals surface area contributed by atoms with Gasteiger partial charge in [-0.05, 0) is 85.0 Å². The van der Waals surface area contributed by atoms with E-state index in [1.165, 1.54) is 23.3 Å². The predicted octanol–water partition coefficient (Wildman–Crippen LogP) is 6.21. The number of urea groups is 1. The molecule has 0 fully saturated rings. The molecule has 5 heteroatoms. The van der Waals surface area contributed by atoms with Crippen molar-refractivity contribution in [2.24, 2.45) is 0 Å². The Balaban J connectivity index is 1.97. The molecule has 0 aliphatic heterocycles. The molecule has 2 amide bonds. The molecule has 1 aliphatic rings. The van der Waals surface area contributed by atoms with Gasteiger partial charge in [0.05, 0.1) is 5.56 Å². The van der Waals surface area contributed by atoms with Gasteiger partial charge in [-0.3, -0.25) is 9.80 Å². The van der Waals surface area contributed by atoms with Crippen LogP contribution in [0.1, 0.15) is 75.9 Å². The molecular formula is C26H34N2O3. The number of fused-ring (bicyclic) bond motifs is 1. The first-order valence-corrected chi connectivity index (χ1v) is 11.1. The third kappa shape index (κ3) is 4.32. The monoisotopic (exact) mass is 422 g/mol. The quantitative estimate of drug-likeness (QED) is 0.623. The standard InChI is InChI=1S/C26H34N2O3/c1-7-27(19-11-9-18(10-12-19)23(29)30)24(31)28(8-2)20-13-14-21-22(17-20)26(5,6)16-15-25(21,3)4/h9-14,17H,7-8,15-16H2,1-6H3,(H,29,30). The number of carbonyl (C=O) groups is 2. The number of nitrogens with zero attached hydrogens (tertiary/aromatic N) is 2. The van der Waals surface area contributed by atoms with Crippen LogP contribution in [0.15, 0.2) is 42.5 Å². The Labute approximate surface area is 185 Å². The number of rotatable bonds is 5. The maximum atomic E-state index is 13.5. The highest BCUT2D eigenvalue weighted by Crippen LogP contribution is 2.46. The fourth-order valence-corrected chi connectivity index (χ4v) is 4.53. The molecule has 0 saturated carbocycles. The lowest BCUT2D eigenvalue weighted by atomic mass is 9.63. The largest absolute Gasteiger partial charge is 0.478 e. The molecule has 3 rings (SSSR count). The first-order valence-electron chi connectivity index (χ1n) is 11.1. The highest BCUT2D eigenvalue weighted by molar-refractivity contribution is 6.03. The number of anilines is 2. The molecule has 0 aromatic heterocycles. The van der Waals surface area contributed by atoms with E-state index in [0.29, 0.717) is 18.8 Å². The average molecular weight is 423 g/mol. The molecule has 1 N–H and O–H groups in total. The first kappa shape index (κ1) is 22.9. The van der Waals surface area contributed by atoms with E-state index in [-0.39, 0.29) is 22.4 Å². The summed E-state index contributed by atoms with van der Waals surface area (Å²) in [6.45, 7) is 14.1. The van der Waals surface area contributed by atoms with Gasteiger partial charge in [-0.25, -0.2) is 9.59 Å². The molecule has 0 radical (unpaired) electrons. The number of carboxylic acid groups (broad SMARTS) is 1. The minimum atomic E-state index is -0.976. The van der Waals surface area contributed by atoms with Gasteiger partial charge in [-0.2, -0.15) is 0 Å². The van der Waals surface area contributed by atoms with Crippen LogP contribution in [0.2, 0.25) is 0 Å². The fourth-order valence-electron chi connectivity index (χ4n) is 4.53. The van der Waals surface area contributed by atoms with Crippen molar-refractivity contribution in [1.82, 2.24) is 0 Å². The lowest BCUT2D eigenvalue weighted by molar-refractivity contribution is 0.0697. The number of benzene rings is 2. The minimum Gasteiger partial charge on any atom is -0.478 e. The number of hydrogen-bond acceptors (Lipinski definition) is 2.